The Hall–Kier alpha value is -2.29. The van der Waals surface area contributed by atoms with Gasteiger partial charge < -0.3 is 9.32 Å². The molecule has 1 aliphatic heterocycles. The van der Waals surface area contributed by atoms with Crippen molar-refractivity contribution in [3.63, 3.8) is 0 Å². The summed E-state index contributed by atoms with van der Waals surface area (Å²) in [5.41, 5.74) is 0.212. The molecule has 0 radical (unpaired) electrons. The lowest BCUT2D eigenvalue weighted by Crippen LogP contribution is -2.41. The molecule has 1 aliphatic rings. The predicted molar refractivity (Wildman–Crippen MR) is 92.5 cm³/mol. The van der Waals surface area contributed by atoms with E-state index in [1.165, 1.54) is 12.1 Å². The third kappa shape index (κ3) is 4.09. The van der Waals surface area contributed by atoms with Crippen molar-refractivity contribution in [1.82, 2.24) is 15.1 Å². The highest BCUT2D eigenvalue weighted by molar-refractivity contribution is 7.91. The quantitative estimate of drug-likeness (QED) is 0.758. The molecule has 9 heteroatoms. The van der Waals surface area contributed by atoms with Gasteiger partial charge in [-0.15, -0.1) is 10.2 Å². The maximum absolute atomic E-state index is 13.7. The first-order chi connectivity index (χ1) is 12.4. The summed E-state index contributed by atoms with van der Waals surface area (Å²) in [6.07, 6.45) is 0.819. The van der Waals surface area contributed by atoms with Gasteiger partial charge in [-0.1, -0.05) is 12.1 Å². The number of carbonyl (C=O) groups excluding carboxylic acids is 1. The highest BCUT2D eigenvalue weighted by Gasteiger charge is 2.33. The average molecular weight is 381 g/mol. The molecule has 1 saturated heterocycles. The fraction of sp³-hybridized carbons (Fsp3) is 0.471. The molecule has 1 fully saturated rings. The summed E-state index contributed by atoms with van der Waals surface area (Å²) in [4.78, 5) is 14.1. The zero-order chi connectivity index (χ0) is 18.7. The number of benzene rings is 1. The molecule has 0 N–H and O–H groups in total. The number of hydrogen-bond donors (Lipinski definition) is 0. The van der Waals surface area contributed by atoms with E-state index in [4.69, 9.17) is 4.42 Å². The first-order valence-electron chi connectivity index (χ1n) is 8.47. The third-order valence-electron chi connectivity index (χ3n) is 4.43. The Labute approximate surface area is 151 Å². The Bertz CT molecular complexity index is 897. The number of rotatable bonds is 6. The predicted octanol–water partition coefficient (Wildman–Crippen LogP) is 1.84. The number of aromatic nitrogens is 2. The molecule has 2 aromatic rings. The second kappa shape index (κ2) is 7.53. The van der Waals surface area contributed by atoms with Gasteiger partial charge in [0, 0.05) is 25.4 Å². The van der Waals surface area contributed by atoms with Crippen LogP contribution >= 0.6 is 0 Å². The molecule has 0 saturated carbocycles. The summed E-state index contributed by atoms with van der Waals surface area (Å²) in [6.45, 7) is 2.27. The van der Waals surface area contributed by atoms with Crippen LogP contribution < -0.4 is 0 Å². The Kier molecular flexibility index (Phi) is 5.36. The Morgan fingerprint density at radius 1 is 1.35 bits per heavy atom. The largest absolute Gasteiger partial charge is 0.421 e. The zero-order valence-electron chi connectivity index (χ0n) is 14.4. The van der Waals surface area contributed by atoms with Gasteiger partial charge in [0.25, 0.3) is 5.89 Å². The van der Waals surface area contributed by atoms with Gasteiger partial charge in [-0.05, 0) is 25.5 Å². The summed E-state index contributed by atoms with van der Waals surface area (Å²) < 4.78 is 42.4. The van der Waals surface area contributed by atoms with E-state index < -0.39 is 15.7 Å². The van der Waals surface area contributed by atoms with E-state index in [0.717, 1.165) is 0 Å². The number of hydrogen-bond acceptors (Lipinski definition) is 6. The number of amides is 1. The lowest BCUT2D eigenvalue weighted by atomic mass is 10.2. The van der Waals surface area contributed by atoms with Gasteiger partial charge in [-0.25, -0.2) is 12.8 Å². The Morgan fingerprint density at radius 2 is 2.12 bits per heavy atom. The molecule has 1 atom stereocenters. The SMILES string of the molecule is CCN(C(=O)CCc1nnc(-c2ccccc2F)o1)C1CCS(=O)(=O)C1. The van der Waals surface area contributed by atoms with Gasteiger partial charge in [-0.3, -0.25) is 4.79 Å². The fourth-order valence-corrected chi connectivity index (χ4v) is 4.85. The van der Waals surface area contributed by atoms with Crippen LogP contribution in [0.2, 0.25) is 0 Å². The summed E-state index contributed by atoms with van der Waals surface area (Å²) in [5.74, 6) is -0.160. The average Bonchev–Trinajstić information content (AvgIpc) is 3.21. The van der Waals surface area contributed by atoms with E-state index in [-0.39, 0.29) is 53.6 Å². The van der Waals surface area contributed by atoms with Crippen LogP contribution in [0.1, 0.15) is 25.7 Å². The number of aryl methyl sites for hydroxylation is 1. The number of sulfone groups is 1. The Morgan fingerprint density at radius 3 is 2.77 bits per heavy atom. The number of halogens is 1. The van der Waals surface area contributed by atoms with E-state index in [0.29, 0.717) is 13.0 Å². The van der Waals surface area contributed by atoms with Crippen LogP contribution in [0.5, 0.6) is 0 Å². The van der Waals surface area contributed by atoms with E-state index in [1.54, 1.807) is 17.0 Å². The second-order valence-electron chi connectivity index (χ2n) is 6.22. The lowest BCUT2D eigenvalue weighted by molar-refractivity contribution is -0.132. The molecule has 0 aliphatic carbocycles. The molecule has 0 spiro atoms. The molecule has 7 nitrogen and oxygen atoms in total. The summed E-state index contributed by atoms with van der Waals surface area (Å²) in [5, 5.41) is 7.69. The Balaban J connectivity index is 1.62. The smallest absolute Gasteiger partial charge is 0.250 e. The van der Waals surface area contributed by atoms with Crippen LogP contribution in [-0.4, -0.2) is 53.5 Å². The van der Waals surface area contributed by atoms with Crippen LogP contribution in [-0.2, 0) is 21.1 Å². The standard InChI is InChI=1S/C17H20FN3O4S/c1-2-21(12-9-10-26(23,24)11-12)16(22)8-7-15-19-20-17(25-15)13-5-3-4-6-14(13)18/h3-6,12H,2,7-11H2,1H3. The first kappa shape index (κ1) is 18.5. The van der Waals surface area contributed by atoms with Crippen molar-refractivity contribution in [1.29, 1.82) is 0 Å². The lowest BCUT2D eigenvalue weighted by Gasteiger charge is -2.26. The van der Waals surface area contributed by atoms with Crippen molar-refractivity contribution in [2.45, 2.75) is 32.2 Å². The number of carbonyl (C=O) groups is 1. The minimum absolute atomic E-state index is 0.0184. The normalized spacial score (nSPS) is 18.8. The topological polar surface area (TPSA) is 93.4 Å². The van der Waals surface area contributed by atoms with Crippen molar-refractivity contribution < 1.29 is 22.0 Å². The minimum atomic E-state index is -3.05. The summed E-state index contributed by atoms with van der Waals surface area (Å²) in [6, 6.07) is 5.81. The second-order valence-corrected chi connectivity index (χ2v) is 8.45. The molecule has 0 bridgehead atoms. The molecule has 1 unspecified atom stereocenters. The zero-order valence-corrected chi connectivity index (χ0v) is 15.2. The van der Waals surface area contributed by atoms with Crippen molar-refractivity contribution in [3.8, 4) is 11.5 Å². The van der Waals surface area contributed by atoms with Crippen LogP contribution in [0.15, 0.2) is 28.7 Å². The van der Waals surface area contributed by atoms with Gasteiger partial charge in [-0.2, -0.15) is 0 Å². The van der Waals surface area contributed by atoms with Crippen LogP contribution in [0.4, 0.5) is 4.39 Å². The molecule has 2 heterocycles. The molecule has 26 heavy (non-hydrogen) atoms. The maximum atomic E-state index is 13.7. The molecule has 1 aromatic carbocycles. The van der Waals surface area contributed by atoms with Crippen molar-refractivity contribution in [2.24, 2.45) is 0 Å². The van der Waals surface area contributed by atoms with Gasteiger partial charge in [0.15, 0.2) is 9.84 Å². The van der Waals surface area contributed by atoms with Gasteiger partial charge in [0.05, 0.1) is 17.1 Å². The van der Waals surface area contributed by atoms with Crippen LogP contribution in [0, 0.1) is 5.82 Å². The van der Waals surface area contributed by atoms with E-state index in [1.807, 2.05) is 6.92 Å². The van der Waals surface area contributed by atoms with E-state index in [2.05, 4.69) is 10.2 Å². The molecule has 140 valence electrons. The molecule has 3 rings (SSSR count). The first-order valence-corrected chi connectivity index (χ1v) is 10.3. The monoisotopic (exact) mass is 381 g/mol. The van der Waals surface area contributed by atoms with Gasteiger partial charge in [0.2, 0.25) is 11.8 Å². The van der Waals surface area contributed by atoms with E-state index >= 15 is 0 Å². The van der Waals surface area contributed by atoms with Crippen molar-refractivity contribution in [2.75, 3.05) is 18.1 Å². The van der Waals surface area contributed by atoms with Crippen LogP contribution in [0.3, 0.4) is 0 Å². The highest BCUT2D eigenvalue weighted by atomic mass is 32.2. The third-order valence-corrected chi connectivity index (χ3v) is 6.18. The minimum Gasteiger partial charge on any atom is -0.421 e. The summed E-state index contributed by atoms with van der Waals surface area (Å²) >= 11 is 0. The number of nitrogens with zero attached hydrogens (tertiary/aromatic N) is 3. The maximum Gasteiger partial charge on any atom is 0.250 e. The van der Waals surface area contributed by atoms with Crippen molar-refractivity contribution >= 4 is 15.7 Å². The van der Waals surface area contributed by atoms with Crippen LogP contribution in [0.25, 0.3) is 11.5 Å². The molecule has 1 aromatic heterocycles. The van der Waals surface area contributed by atoms with Gasteiger partial charge in [0.1, 0.15) is 5.82 Å². The molecule has 1 amide bonds. The fourth-order valence-electron chi connectivity index (χ4n) is 3.11. The van der Waals surface area contributed by atoms with Crippen molar-refractivity contribution in [3.05, 3.63) is 36.0 Å². The highest BCUT2D eigenvalue weighted by Crippen LogP contribution is 2.22. The molecular weight excluding hydrogens is 361 g/mol. The molecular formula is C17H20FN3O4S. The van der Waals surface area contributed by atoms with Gasteiger partial charge >= 0.3 is 0 Å². The summed E-state index contributed by atoms with van der Waals surface area (Å²) in [7, 11) is -3.05. The van der Waals surface area contributed by atoms with E-state index in [9.17, 15) is 17.6 Å².